The van der Waals surface area contributed by atoms with E-state index in [9.17, 15) is 0 Å². The fraction of sp³-hybridized carbons (Fsp3) is 0.500. The number of aromatic nitrogens is 2. The molecule has 0 aliphatic carbocycles. The second kappa shape index (κ2) is 6.23. The van der Waals surface area contributed by atoms with Crippen LogP contribution in [0.1, 0.15) is 30.2 Å². The Hall–Kier alpha value is -0.780. The first-order valence-electron chi connectivity index (χ1n) is 5.95. The van der Waals surface area contributed by atoms with Crippen molar-refractivity contribution in [1.82, 2.24) is 15.5 Å². The number of nitrogens with one attached hydrogen (secondary N) is 1. The van der Waals surface area contributed by atoms with Crippen LogP contribution in [-0.4, -0.2) is 16.7 Å². The third kappa shape index (κ3) is 3.34. The lowest BCUT2D eigenvalue weighted by Gasteiger charge is -1.96. The number of hydrogen-bond donors (Lipinski definition) is 1. The van der Waals surface area contributed by atoms with Gasteiger partial charge in [0.25, 0.3) is 0 Å². The van der Waals surface area contributed by atoms with E-state index in [0.29, 0.717) is 0 Å². The predicted octanol–water partition coefficient (Wildman–Crippen LogP) is 3.33. The smallest absolute Gasteiger partial charge is 0.157 e. The average molecular weight is 267 g/mol. The zero-order valence-electron chi connectivity index (χ0n) is 10.2. The standard InChI is InChI=1S/C12H17N3S2/c1-3-7-13-8-11-14-15-12(17-11)10-6-5-9(4-2)16-10/h5-6,13H,3-4,7-8H2,1-2H3. The van der Waals surface area contributed by atoms with Crippen LogP contribution < -0.4 is 5.32 Å². The predicted molar refractivity (Wildman–Crippen MR) is 74.6 cm³/mol. The summed E-state index contributed by atoms with van der Waals surface area (Å²) in [4.78, 5) is 2.64. The maximum absolute atomic E-state index is 4.25. The fourth-order valence-corrected chi connectivity index (χ4v) is 3.29. The van der Waals surface area contributed by atoms with Gasteiger partial charge < -0.3 is 5.32 Å². The molecule has 0 bridgehead atoms. The molecule has 2 rings (SSSR count). The van der Waals surface area contributed by atoms with Crippen LogP contribution in [-0.2, 0) is 13.0 Å². The van der Waals surface area contributed by atoms with Crippen molar-refractivity contribution >= 4 is 22.7 Å². The highest BCUT2D eigenvalue weighted by Crippen LogP contribution is 2.30. The molecule has 0 atom stereocenters. The third-order valence-electron chi connectivity index (χ3n) is 2.39. The zero-order valence-corrected chi connectivity index (χ0v) is 11.8. The van der Waals surface area contributed by atoms with E-state index in [2.05, 4.69) is 41.5 Å². The summed E-state index contributed by atoms with van der Waals surface area (Å²) in [6.07, 6.45) is 2.24. The fourth-order valence-electron chi connectivity index (χ4n) is 1.48. The molecule has 0 fully saturated rings. The van der Waals surface area contributed by atoms with Gasteiger partial charge in [0, 0.05) is 11.4 Å². The van der Waals surface area contributed by atoms with Crippen LogP contribution in [0.15, 0.2) is 12.1 Å². The van der Waals surface area contributed by atoms with Crippen LogP contribution >= 0.6 is 22.7 Å². The summed E-state index contributed by atoms with van der Waals surface area (Å²) in [5.41, 5.74) is 0. The van der Waals surface area contributed by atoms with Gasteiger partial charge in [-0.1, -0.05) is 25.2 Å². The molecular weight excluding hydrogens is 250 g/mol. The summed E-state index contributed by atoms with van der Waals surface area (Å²) in [6, 6.07) is 4.32. The Morgan fingerprint density at radius 1 is 1.18 bits per heavy atom. The van der Waals surface area contributed by atoms with Gasteiger partial charge in [0.1, 0.15) is 5.01 Å². The first-order chi connectivity index (χ1) is 8.33. The van der Waals surface area contributed by atoms with Crippen molar-refractivity contribution in [2.24, 2.45) is 0 Å². The second-order valence-electron chi connectivity index (χ2n) is 3.80. The summed E-state index contributed by atoms with van der Waals surface area (Å²) in [5, 5.41) is 13.9. The number of hydrogen-bond acceptors (Lipinski definition) is 5. The molecule has 0 saturated heterocycles. The maximum Gasteiger partial charge on any atom is 0.157 e. The van der Waals surface area contributed by atoms with Crippen LogP contribution in [0, 0.1) is 0 Å². The van der Waals surface area contributed by atoms with Crippen molar-refractivity contribution in [3.63, 3.8) is 0 Å². The van der Waals surface area contributed by atoms with Gasteiger partial charge in [0.15, 0.2) is 5.01 Å². The van der Waals surface area contributed by atoms with Crippen molar-refractivity contribution in [1.29, 1.82) is 0 Å². The summed E-state index contributed by atoms with van der Waals surface area (Å²) < 4.78 is 0. The molecule has 3 nitrogen and oxygen atoms in total. The Balaban J connectivity index is 2.02. The summed E-state index contributed by atoms with van der Waals surface area (Å²) in [7, 11) is 0. The van der Waals surface area contributed by atoms with E-state index >= 15 is 0 Å². The van der Waals surface area contributed by atoms with Crippen molar-refractivity contribution < 1.29 is 0 Å². The number of rotatable bonds is 6. The molecule has 2 aromatic rings. The molecule has 0 unspecified atom stereocenters. The molecule has 0 amide bonds. The zero-order chi connectivity index (χ0) is 12.1. The van der Waals surface area contributed by atoms with E-state index in [-0.39, 0.29) is 0 Å². The highest BCUT2D eigenvalue weighted by atomic mass is 32.1. The minimum absolute atomic E-state index is 0.831. The Labute approximate surface area is 110 Å². The van der Waals surface area contributed by atoms with Crippen molar-refractivity contribution in [3.05, 3.63) is 22.0 Å². The lowest BCUT2D eigenvalue weighted by atomic mass is 10.4. The van der Waals surface area contributed by atoms with Gasteiger partial charge in [-0.25, -0.2) is 0 Å². The van der Waals surface area contributed by atoms with Gasteiger partial charge in [-0.3, -0.25) is 0 Å². The third-order valence-corrected chi connectivity index (χ3v) is 4.71. The highest BCUT2D eigenvalue weighted by Gasteiger charge is 2.08. The molecule has 0 saturated carbocycles. The molecule has 2 heterocycles. The lowest BCUT2D eigenvalue weighted by molar-refractivity contribution is 0.668. The van der Waals surface area contributed by atoms with E-state index in [1.165, 1.54) is 9.75 Å². The van der Waals surface area contributed by atoms with Crippen LogP contribution in [0.2, 0.25) is 0 Å². The van der Waals surface area contributed by atoms with Crippen LogP contribution in [0.3, 0.4) is 0 Å². The summed E-state index contributed by atoms with van der Waals surface area (Å²) in [5.74, 6) is 0. The van der Waals surface area contributed by atoms with Gasteiger partial charge in [-0.05, 0) is 31.5 Å². The summed E-state index contributed by atoms with van der Waals surface area (Å²) >= 11 is 3.50. The molecule has 0 aromatic carbocycles. The average Bonchev–Trinajstić information content (AvgIpc) is 2.97. The number of aryl methyl sites for hydroxylation is 1. The Kier molecular flexibility index (Phi) is 4.65. The molecular formula is C12H17N3S2. The first-order valence-corrected chi connectivity index (χ1v) is 7.59. The molecule has 0 aliphatic rings. The second-order valence-corrected chi connectivity index (χ2v) is 6.03. The van der Waals surface area contributed by atoms with E-state index < -0.39 is 0 Å². The topological polar surface area (TPSA) is 37.8 Å². The normalized spacial score (nSPS) is 10.9. The first kappa shape index (κ1) is 12.7. The quantitative estimate of drug-likeness (QED) is 0.816. The summed E-state index contributed by atoms with van der Waals surface area (Å²) in [6.45, 7) is 6.21. The number of thiophene rings is 1. The molecule has 17 heavy (non-hydrogen) atoms. The van der Waals surface area contributed by atoms with Crippen LogP contribution in [0.5, 0.6) is 0 Å². The number of nitrogens with zero attached hydrogens (tertiary/aromatic N) is 2. The Morgan fingerprint density at radius 3 is 2.76 bits per heavy atom. The van der Waals surface area contributed by atoms with Gasteiger partial charge >= 0.3 is 0 Å². The molecule has 2 aromatic heterocycles. The molecule has 92 valence electrons. The molecule has 0 radical (unpaired) electrons. The molecule has 0 spiro atoms. The largest absolute Gasteiger partial charge is 0.310 e. The highest BCUT2D eigenvalue weighted by molar-refractivity contribution is 7.21. The molecule has 0 aliphatic heterocycles. The minimum atomic E-state index is 0.831. The van der Waals surface area contributed by atoms with Crippen LogP contribution in [0.25, 0.3) is 9.88 Å². The monoisotopic (exact) mass is 267 g/mol. The van der Waals surface area contributed by atoms with E-state index in [1.54, 1.807) is 11.3 Å². The Bertz CT molecular complexity index is 462. The molecule has 5 heteroatoms. The lowest BCUT2D eigenvalue weighted by Crippen LogP contribution is -2.13. The maximum atomic E-state index is 4.25. The Morgan fingerprint density at radius 2 is 2.06 bits per heavy atom. The molecule has 1 N–H and O–H groups in total. The van der Waals surface area contributed by atoms with Gasteiger partial charge in [0.05, 0.1) is 4.88 Å². The van der Waals surface area contributed by atoms with Gasteiger partial charge in [-0.2, -0.15) is 0 Å². The van der Waals surface area contributed by atoms with Gasteiger partial charge in [-0.15, -0.1) is 21.5 Å². The van der Waals surface area contributed by atoms with E-state index in [0.717, 1.165) is 35.9 Å². The van der Waals surface area contributed by atoms with Crippen molar-refractivity contribution in [2.75, 3.05) is 6.54 Å². The van der Waals surface area contributed by atoms with E-state index in [1.807, 2.05) is 11.3 Å². The van der Waals surface area contributed by atoms with E-state index in [4.69, 9.17) is 0 Å². The van der Waals surface area contributed by atoms with Crippen molar-refractivity contribution in [3.8, 4) is 9.88 Å². The SMILES string of the molecule is CCCNCc1nnc(-c2ccc(CC)s2)s1. The van der Waals surface area contributed by atoms with Gasteiger partial charge in [0.2, 0.25) is 0 Å². The minimum Gasteiger partial charge on any atom is -0.310 e. The van der Waals surface area contributed by atoms with Crippen molar-refractivity contribution in [2.45, 2.75) is 33.2 Å². The van der Waals surface area contributed by atoms with Crippen LogP contribution in [0.4, 0.5) is 0 Å².